The zero-order valence-electron chi connectivity index (χ0n) is 13.8. The van der Waals surface area contributed by atoms with E-state index in [-0.39, 0.29) is 18.4 Å². The van der Waals surface area contributed by atoms with E-state index in [1.54, 1.807) is 12.1 Å². The normalized spacial score (nSPS) is 18.2. The van der Waals surface area contributed by atoms with E-state index in [0.717, 1.165) is 41.7 Å². The van der Waals surface area contributed by atoms with Gasteiger partial charge in [-0.2, -0.15) is 0 Å². The summed E-state index contributed by atoms with van der Waals surface area (Å²) in [6, 6.07) is 7.35. The van der Waals surface area contributed by atoms with Crippen LogP contribution in [0.1, 0.15) is 12.5 Å². The van der Waals surface area contributed by atoms with Gasteiger partial charge in [0.15, 0.2) is 0 Å². The number of phenolic OH excluding ortho intramolecular Hbond substituents is 1. The van der Waals surface area contributed by atoms with Crippen LogP contribution >= 0.6 is 0 Å². The number of benzene rings is 1. The van der Waals surface area contributed by atoms with Crippen molar-refractivity contribution in [3.63, 3.8) is 0 Å². The summed E-state index contributed by atoms with van der Waals surface area (Å²) in [5.41, 5.74) is 8.91. The van der Waals surface area contributed by atoms with Gasteiger partial charge in [0.05, 0.1) is 12.0 Å². The summed E-state index contributed by atoms with van der Waals surface area (Å²) in [7, 11) is 0. The van der Waals surface area contributed by atoms with Gasteiger partial charge < -0.3 is 20.5 Å². The van der Waals surface area contributed by atoms with E-state index >= 15 is 0 Å². The number of aliphatic hydroxyl groups is 1. The van der Waals surface area contributed by atoms with Gasteiger partial charge in [-0.1, -0.05) is 12.1 Å². The third kappa shape index (κ3) is 2.81. The van der Waals surface area contributed by atoms with Gasteiger partial charge in [-0.25, -0.2) is 9.97 Å². The van der Waals surface area contributed by atoms with Crippen LogP contribution in [0.2, 0.25) is 0 Å². The largest absolute Gasteiger partial charge is 0.508 e. The van der Waals surface area contributed by atoms with Crippen molar-refractivity contribution in [2.24, 2.45) is 0 Å². The van der Waals surface area contributed by atoms with Crippen molar-refractivity contribution in [2.45, 2.75) is 12.5 Å². The molecule has 1 aromatic carbocycles. The van der Waals surface area contributed by atoms with Gasteiger partial charge in [-0.3, -0.25) is 4.90 Å². The van der Waals surface area contributed by atoms with E-state index in [1.165, 1.54) is 6.33 Å². The second-order valence-electron chi connectivity index (χ2n) is 6.42. The third-order valence-electron chi connectivity index (χ3n) is 4.87. The SMILES string of the molecule is Nc1ncnc2c1c(-c1ccc(O)cc1)cn2C1CCN(CCO)C1. The van der Waals surface area contributed by atoms with Crippen LogP contribution in [0.25, 0.3) is 22.2 Å². The Labute approximate surface area is 145 Å². The number of phenols is 1. The average Bonchev–Trinajstić information content (AvgIpc) is 3.21. The minimum atomic E-state index is 0.174. The first-order valence-corrected chi connectivity index (χ1v) is 8.41. The molecule has 0 spiro atoms. The zero-order valence-corrected chi connectivity index (χ0v) is 13.8. The van der Waals surface area contributed by atoms with Crippen molar-refractivity contribution in [1.29, 1.82) is 0 Å². The number of hydrogen-bond acceptors (Lipinski definition) is 6. The lowest BCUT2D eigenvalue weighted by atomic mass is 10.1. The first-order chi connectivity index (χ1) is 12.2. The summed E-state index contributed by atoms with van der Waals surface area (Å²) in [4.78, 5) is 10.9. The average molecular weight is 339 g/mol. The number of β-amino-alcohol motifs (C(OH)–C–C–N with tert-alkyl or cyclic N) is 1. The van der Waals surface area contributed by atoms with Crippen molar-refractivity contribution in [3.8, 4) is 16.9 Å². The highest BCUT2D eigenvalue weighted by Gasteiger charge is 2.26. The van der Waals surface area contributed by atoms with E-state index in [9.17, 15) is 5.11 Å². The monoisotopic (exact) mass is 339 g/mol. The molecule has 1 atom stereocenters. The molecule has 2 aromatic heterocycles. The first kappa shape index (κ1) is 15.9. The van der Waals surface area contributed by atoms with Gasteiger partial charge in [-0.15, -0.1) is 0 Å². The quantitative estimate of drug-likeness (QED) is 0.668. The van der Waals surface area contributed by atoms with Crippen LogP contribution < -0.4 is 5.73 Å². The Kier molecular flexibility index (Phi) is 4.03. The number of aromatic hydroxyl groups is 1. The summed E-state index contributed by atoms with van der Waals surface area (Å²) in [5, 5.41) is 19.6. The molecule has 0 saturated carbocycles. The molecule has 7 heteroatoms. The van der Waals surface area contributed by atoms with E-state index in [0.29, 0.717) is 12.4 Å². The lowest BCUT2D eigenvalue weighted by Gasteiger charge is -2.16. The fraction of sp³-hybridized carbons (Fsp3) is 0.333. The maximum Gasteiger partial charge on any atom is 0.146 e. The zero-order chi connectivity index (χ0) is 17.4. The second kappa shape index (κ2) is 6.34. The summed E-state index contributed by atoms with van der Waals surface area (Å²) >= 11 is 0. The van der Waals surface area contributed by atoms with Crippen LogP contribution in [0.15, 0.2) is 36.8 Å². The highest BCUT2D eigenvalue weighted by molar-refractivity contribution is 6.00. The van der Waals surface area contributed by atoms with Gasteiger partial charge in [0.25, 0.3) is 0 Å². The Morgan fingerprint density at radius 1 is 1.20 bits per heavy atom. The van der Waals surface area contributed by atoms with Gasteiger partial charge in [0.2, 0.25) is 0 Å². The molecule has 1 unspecified atom stereocenters. The number of hydrogen-bond donors (Lipinski definition) is 3. The summed E-state index contributed by atoms with van der Waals surface area (Å²) in [6.45, 7) is 2.70. The van der Waals surface area contributed by atoms with Crippen LogP contribution in [-0.2, 0) is 0 Å². The molecule has 130 valence electrons. The van der Waals surface area contributed by atoms with E-state index in [1.807, 2.05) is 12.1 Å². The van der Waals surface area contributed by atoms with Crippen molar-refractivity contribution in [2.75, 3.05) is 32.0 Å². The molecule has 3 aromatic rings. The molecular formula is C18H21N5O2. The number of fused-ring (bicyclic) bond motifs is 1. The highest BCUT2D eigenvalue weighted by Crippen LogP contribution is 2.36. The number of aromatic nitrogens is 3. The summed E-state index contributed by atoms with van der Waals surface area (Å²) in [6.07, 6.45) is 4.58. The van der Waals surface area contributed by atoms with Gasteiger partial charge in [0, 0.05) is 37.4 Å². The van der Waals surface area contributed by atoms with Crippen LogP contribution in [0, 0.1) is 0 Å². The van der Waals surface area contributed by atoms with Gasteiger partial charge in [0.1, 0.15) is 23.5 Å². The Bertz CT molecular complexity index is 890. The van der Waals surface area contributed by atoms with Gasteiger partial charge in [-0.05, 0) is 24.1 Å². The number of nitrogens with zero attached hydrogens (tertiary/aromatic N) is 4. The fourth-order valence-electron chi connectivity index (χ4n) is 3.63. The predicted octanol–water partition coefficient (Wildman–Crippen LogP) is 1.63. The molecule has 1 fully saturated rings. The number of likely N-dealkylation sites (tertiary alicyclic amines) is 1. The van der Waals surface area contributed by atoms with Crippen LogP contribution in [-0.4, -0.2) is 55.9 Å². The number of aliphatic hydroxyl groups excluding tert-OH is 1. The molecule has 1 saturated heterocycles. The minimum Gasteiger partial charge on any atom is -0.508 e. The fourth-order valence-corrected chi connectivity index (χ4v) is 3.63. The van der Waals surface area contributed by atoms with Crippen LogP contribution in [0.5, 0.6) is 5.75 Å². The Hall–Kier alpha value is -2.64. The number of nitrogen functional groups attached to an aromatic ring is 1. The second-order valence-corrected chi connectivity index (χ2v) is 6.42. The number of nitrogens with two attached hydrogens (primary N) is 1. The lowest BCUT2D eigenvalue weighted by Crippen LogP contribution is -2.24. The Morgan fingerprint density at radius 3 is 2.76 bits per heavy atom. The number of anilines is 1. The molecule has 0 radical (unpaired) electrons. The maximum absolute atomic E-state index is 9.55. The van der Waals surface area contributed by atoms with Crippen molar-refractivity contribution >= 4 is 16.9 Å². The Balaban J connectivity index is 1.81. The van der Waals surface area contributed by atoms with E-state index in [4.69, 9.17) is 10.8 Å². The molecule has 4 N–H and O–H groups in total. The Morgan fingerprint density at radius 2 is 2.00 bits per heavy atom. The van der Waals surface area contributed by atoms with Crippen LogP contribution in [0.3, 0.4) is 0 Å². The van der Waals surface area contributed by atoms with Crippen molar-refractivity contribution < 1.29 is 10.2 Å². The molecule has 25 heavy (non-hydrogen) atoms. The maximum atomic E-state index is 9.55. The highest BCUT2D eigenvalue weighted by atomic mass is 16.3. The standard InChI is InChI=1S/C18H21N5O2/c19-17-16-15(12-1-3-14(25)4-2-12)10-23(18(16)21-11-20-17)13-5-6-22(9-13)7-8-24/h1-4,10-11,13,24-25H,5-9H2,(H2,19,20,21). The third-order valence-corrected chi connectivity index (χ3v) is 4.87. The molecular weight excluding hydrogens is 318 g/mol. The van der Waals surface area contributed by atoms with Crippen molar-refractivity contribution in [1.82, 2.24) is 19.4 Å². The first-order valence-electron chi connectivity index (χ1n) is 8.41. The molecule has 0 bridgehead atoms. The molecule has 0 amide bonds. The molecule has 4 rings (SSSR count). The van der Waals surface area contributed by atoms with Crippen molar-refractivity contribution in [3.05, 3.63) is 36.8 Å². The molecule has 1 aliphatic heterocycles. The summed E-state index contributed by atoms with van der Waals surface area (Å²) in [5.74, 6) is 0.684. The molecule has 0 aliphatic carbocycles. The van der Waals surface area contributed by atoms with E-state index < -0.39 is 0 Å². The molecule has 3 heterocycles. The van der Waals surface area contributed by atoms with E-state index in [2.05, 4.69) is 25.6 Å². The lowest BCUT2D eigenvalue weighted by molar-refractivity contribution is 0.218. The molecule has 1 aliphatic rings. The molecule has 7 nitrogen and oxygen atoms in total. The summed E-state index contributed by atoms with van der Waals surface area (Å²) < 4.78 is 2.17. The van der Waals surface area contributed by atoms with Gasteiger partial charge >= 0.3 is 0 Å². The van der Waals surface area contributed by atoms with Crippen LogP contribution in [0.4, 0.5) is 5.82 Å². The minimum absolute atomic E-state index is 0.174. The smallest absolute Gasteiger partial charge is 0.146 e. The topological polar surface area (TPSA) is 100 Å². The predicted molar refractivity (Wildman–Crippen MR) is 96.2 cm³/mol. The number of rotatable bonds is 4.